The summed E-state index contributed by atoms with van der Waals surface area (Å²) in [6, 6.07) is 0. The lowest BCUT2D eigenvalue weighted by atomic mass is 9.98. The van der Waals surface area contributed by atoms with Gasteiger partial charge in [0.05, 0.1) is 0 Å². The van der Waals surface area contributed by atoms with Crippen LogP contribution in [0, 0.1) is 5.92 Å². The molecule has 9 heavy (non-hydrogen) atoms. The minimum atomic E-state index is 0.584. The van der Waals surface area contributed by atoms with Gasteiger partial charge in [0.1, 0.15) is 0 Å². The van der Waals surface area contributed by atoms with E-state index in [-0.39, 0.29) is 0 Å². The highest BCUT2D eigenvalue weighted by Crippen LogP contribution is 2.15. The normalized spacial score (nSPS) is 12.3. The number of rotatable bonds is 2. The average Bonchev–Trinajstić information content (AvgIpc) is 1.84. The van der Waals surface area contributed by atoms with Crippen LogP contribution < -0.4 is 0 Å². The van der Waals surface area contributed by atoms with Crippen molar-refractivity contribution < 1.29 is 0 Å². The van der Waals surface area contributed by atoms with Gasteiger partial charge in [-0.3, -0.25) is 0 Å². The van der Waals surface area contributed by atoms with Gasteiger partial charge in [0.25, 0.3) is 0 Å². The molecule has 0 bridgehead atoms. The first kappa shape index (κ1) is 8.48. The lowest BCUT2D eigenvalue weighted by Gasteiger charge is -2.08. The largest absolute Gasteiger partial charge is 0.0953 e. The summed E-state index contributed by atoms with van der Waals surface area (Å²) in [5, 5.41) is 0. The molecular weight excluding hydrogens is 108 g/mol. The molecule has 0 atom stereocenters. The van der Waals surface area contributed by atoms with Crippen LogP contribution >= 0.6 is 0 Å². The Morgan fingerprint density at radius 1 is 1.44 bits per heavy atom. The van der Waals surface area contributed by atoms with E-state index in [1.807, 2.05) is 6.92 Å². The van der Waals surface area contributed by atoms with E-state index in [2.05, 4.69) is 33.4 Å². The molecule has 0 heterocycles. The van der Waals surface area contributed by atoms with Crippen LogP contribution in [0.4, 0.5) is 0 Å². The summed E-state index contributed by atoms with van der Waals surface area (Å²) in [5.74, 6) is 0.584. The molecule has 0 amide bonds. The standard InChI is InChI=1S/C9H16/c1-6-8(4)9(5)7(2)3/h6-7H,5H2,1-4H3. The molecule has 0 aromatic carbocycles. The molecule has 0 saturated carbocycles. The number of allylic oxidation sites excluding steroid dienone is 3. The molecule has 0 saturated heterocycles. The highest BCUT2D eigenvalue weighted by Gasteiger charge is 1.99. The maximum atomic E-state index is 3.96. The predicted octanol–water partition coefficient (Wildman–Crippen LogP) is 3.16. The van der Waals surface area contributed by atoms with Crippen molar-refractivity contribution in [2.75, 3.05) is 0 Å². The summed E-state index contributed by atoms with van der Waals surface area (Å²) in [7, 11) is 0. The summed E-state index contributed by atoms with van der Waals surface area (Å²) in [6.07, 6.45) is 2.10. The monoisotopic (exact) mass is 124 g/mol. The van der Waals surface area contributed by atoms with Gasteiger partial charge < -0.3 is 0 Å². The second-order valence-corrected chi connectivity index (χ2v) is 2.65. The molecule has 0 aliphatic heterocycles. The van der Waals surface area contributed by atoms with Crippen molar-refractivity contribution >= 4 is 0 Å². The molecule has 0 heteroatoms. The summed E-state index contributed by atoms with van der Waals surface area (Å²) >= 11 is 0. The number of hydrogen-bond acceptors (Lipinski definition) is 0. The van der Waals surface area contributed by atoms with Crippen molar-refractivity contribution in [3.05, 3.63) is 23.8 Å². The van der Waals surface area contributed by atoms with Gasteiger partial charge in [0.2, 0.25) is 0 Å². The minimum absolute atomic E-state index is 0.584. The van der Waals surface area contributed by atoms with E-state index in [1.54, 1.807) is 0 Å². The molecule has 0 rings (SSSR count). The first-order valence-corrected chi connectivity index (χ1v) is 3.41. The molecule has 0 aromatic rings. The van der Waals surface area contributed by atoms with Crippen molar-refractivity contribution in [2.45, 2.75) is 27.7 Å². The molecule has 0 aromatic heterocycles. The van der Waals surface area contributed by atoms with Crippen LogP contribution in [0.3, 0.4) is 0 Å². The Kier molecular flexibility index (Phi) is 3.29. The van der Waals surface area contributed by atoms with Crippen LogP contribution in [0.25, 0.3) is 0 Å². The Labute approximate surface area is 58.3 Å². The van der Waals surface area contributed by atoms with Gasteiger partial charge in [0.15, 0.2) is 0 Å². The molecule has 0 fully saturated rings. The third-order valence-electron chi connectivity index (χ3n) is 1.64. The fraction of sp³-hybridized carbons (Fsp3) is 0.556. The summed E-state index contributed by atoms with van der Waals surface area (Å²) in [4.78, 5) is 0. The third kappa shape index (κ3) is 2.50. The van der Waals surface area contributed by atoms with E-state index < -0.39 is 0 Å². The first-order chi connectivity index (χ1) is 4.09. The van der Waals surface area contributed by atoms with Crippen LogP contribution in [0.2, 0.25) is 0 Å². The number of hydrogen-bond donors (Lipinski definition) is 0. The fourth-order valence-electron chi connectivity index (χ4n) is 0.641. The molecule has 52 valence electrons. The van der Waals surface area contributed by atoms with Crippen molar-refractivity contribution in [1.82, 2.24) is 0 Å². The van der Waals surface area contributed by atoms with Gasteiger partial charge in [0, 0.05) is 0 Å². The molecule has 0 unspecified atom stereocenters. The summed E-state index contributed by atoms with van der Waals surface area (Å²) in [5.41, 5.74) is 2.56. The van der Waals surface area contributed by atoms with E-state index in [1.165, 1.54) is 11.1 Å². The van der Waals surface area contributed by atoms with Crippen LogP contribution in [0.1, 0.15) is 27.7 Å². The van der Waals surface area contributed by atoms with E-state index in [0.717, 1.165) is 0 Å². The minimum Gasteiger partial charge on any atom is -0.0953 e. The molecule has 0 spiro atoms. The quantitative estimate of drug-likeness (QED) is 0.496. The second kappa shape index (κ2) is 3.49. The fourth-order valence-corrected chi connectivity index (χ4v) is 0.641. The highest BCUT2D eigenvalue weighted by molar-refractivity contribution is 5.26. The van der Waals surface area contributed by atoms with Crippen molar-refractivity contribution in [3.63, 3.8) is 0 Å². The zero-order valence-corrected chi connectivity index (χ0v) is 6.86. The zero-order valence-electron chi connectivity index (χ0n) is 6.86. The van der Waals surface area contributed by atoms with Crippen molar-refractivity contribution in [2.24, 2.45) is 5.92 Å². The van der Waals surface area contributed by atoms with Crippen molar-refractivity contribution in [3.8, 4) is 0 Å². The van der Waals surface area contributed by atoms with Gasteiger partial charge >= 0.3 is 0 Å². The maximum absolute atomic E-state index is 3.96. The van der Waals surface area contributed by atoms with E-state index in [4.69, 9.17) is 0 Å². The smallest absolute Gasteiger partial charge is 0.0222 e. The van der Waals surface area contributed by atoms with Gasteiger partial charge in [-0.25, -0.2) is 0 Å². The third-order valence-corrected chi connectivity index (χ3v) is 1.64. The maximum Gasteiger partial charge on any atom is -0.0222 e. The summed E-state index contributed by atoms with van der Waals surface area (Å²) in [6.45, 7) is 12.4. The summed E-state index contributed by atoms with van der Waals surface area (Å²) < 4.78 is 0. The molecule has 0 aliphatic carbocycles. The average molecular weight is 124 g/mol. The molecule has 0 aliphatic rings. The Balaban J connectivity index is 4.06. The Bertz CT molecular complexity index is 127. The van der Waals surface area contributed by atoms with Crippen LogP contribution in [0.5, 0.6) is 0 Å². The Hall–Kier alpha value is -0.520. The van der Waals surface area contributed by atoms with E-state index >= 15 is 0 Å². The SMILES string of the molecule is C=C(C(C)=CC)C(C)C. The van der Waals surface area contributed by atoms with Crippen molar-refractivity contribution in [1.29, 1.82) is 0 Å². The first-order valence-electron chi connectivity index (χ1n) is 3.41. The lowest BCUT2D eigenvalue weighted by molar-refractivity contribution is 0.781. The predicted molar refractivity (Wildman–Crippen MR) is 43.4 cm³/mol. The molecular formula is C9H16. The van der Waals surface area contributed by atoms with Gasteiger partial charge in [-0.1, -0.05) is 37.6 Å². The molecule has 0 radical (unpaired) electrons. The van der Waals surface area contributed by atoms with Gasteiger partial charge in [-0.2, -0.15) is 0 Å². The zero-order chi connectivity index (χ0) is 7.44. The van der Waals surface area contributed by atoms with E-state index in [9.17, 15) is 0 Å². The Morgan fingerprint density at radius 2 is 1.89 bits per heavy atom. The van der Waals surface area contributed by atoms with Crippen LogP contribution in [-0.2, 0) is 0 Å². The van der Waals surface area contributed by atoms with E-state index in [0.29, 0.717) is 5.92 Å². The Morgan fingerprint density at radius 3 is 2.00 bits per heavy atom. The van der Waals surface area contributed by atoms with Crippen LogP contribution in [-0.4, -0.2) is 0 Å². The molecule has 0 N–H and O–H groups in total. The second-order valence-electron chi connectivity index (χ2n) is 2.65. The highest BCUT2D eigenvalue weighted by atomic mass is 14.0. The van der Waals surface area contributed by atoms with Crippen LogP contribution in [0.15, 0.2) is 23.8 Å². The van der Waals surface area contributed by atoms with Gasteiger partial charge in [-0.15, -0.1) is 0 Å². The lowest BCUT2D eigenvalue weighted by Crippen LogP contribution is -1.92. The van der Waals surface area contributed by atoms with Gasteiger partial charge in [-0.05, 0) is 19.8 Å². The topological polar surface area (TPSA) is 0 Å². The molecule has 0 nitrogen and oxygen atoms in total.